The lowest BCUT2D eigenvalue weighted by molar-refractivity contribution is -0.137. The zero-order chi connectivity index (χ0) is 23.1. The first kappa shape index (κ1) is 25.9. The number of likely N-dealkylation sites (tertiary alicyclic amines) is 1. The molecule has 0 spiro atoms. The number of halogens is 1. The normalized spacial score (nSPS) is 16.8. The number of para-hydroxylation sites is 1. The third-order valence-electron chi connectivity index (χ3n) is 5.37. The Balaban J connectivity index is 0.00000385. The van der Waals surface area contributed by atoms with Crippen LogP contribution >= 0.6 is 12.4 Å². The van der Waals surface area contributed by atoms with Crippen molar-refractivity contribution in [1.29, 1.82) is 0 Å². The van der Waals surface area contributed by atoms with Crippen molar-refractivity contribution in [3.05, 3.63) is 48.2 Å². The van der Waals surface area contributed by atoms with Gasteiger partial charge in [-0.05, 0) is 38.9 Å². The van der Waals surface area contributed by atoms with Crippen molar-refractivity contribution in [1.82, 2.24) is 20.5 Å². The number of nitrogens with zero attached hydrogens (tertiary/aromatic N) is 2. The summed E-state index contributed by atoms with van der Waals surface area (Å²) in [5.41, 5.74) is 0.767. The average molecular weight is 474 g/mol. The van der Waals surface area contributed by atoms with E-state index in [4.69, 9.17) is 10.8 Å². The number of nitrogens with one attached hydrogen (secondary N) is 3. The molecule has 0 bridgehead atoms. The molecule has 2 aromatic rings. The van der Waals surface area contributed by atoms with Crippen LogP contribution in [0.4, 0.5) is 5.69 Å². The zero-order valence-electron chi connectivity index (χ0n) is 18.5. The topological polar surface area (TPSA) is 117 Å². The summed E-state index contributed by atoms with van der Waals surface area (Å²) in [5.74, 6) is 1.73. The van der Waals surface area contributed by atoms with Gasteiger partial charge in [-0.3, -0.25) is 14.4 Å². The second-order valence-electron chi connectivity index (χ2n) is 7.56. The Kier molecular flexibility index (Phi) is 9.45. The molecule has 1 saturated heterocycles. The van der Waals surface area contributed by atoms with E-state index >= 15 is 0 Å². The van der Waals surface area contributed by atoms with E-state index < -0.39 is 24.0 Å². The van der Waals surface area contributed by atoms with Gasteiger partial charge < -0.3 is 25.3 Å². The molecule has 33 heavy (non-hydrogen) atoms. The van der Waals surface area contributed by atoms with Gasteiger partial charge in [-0.1, -0.05) is 18.2 Å². The van der Waals surface area contributed by atoms with Crippen molar-refractivity contribution in [2.45, 2.75) is 44.3 Å². The Morgan fingerprint density at radius 1 is 1.30 bits per heavy atom. The largest absolute Gasteiger partial charge is 0.446 e. The first-order chi connectivity index (χ1) is 15.4. The Bertz CT molecular complexity index is 1000. The van der Waals surface area contributed by atoms with Gasteiger partial charge in [0.05, 0.1) is 6.04 Å². The molecule has 1 aromatic carbocycles. The molecule has 1 aliphatic heterocycles. The van der Waals surface area contributed by atoms with Gasteiger partial charge in [0.15, 0.2) is 5.69 Å². The number of rotatable bonds is 8. The number of aromatic nitrogens is 1. The Labute approximate surface area is 199 Å². The van der Waals surface area contributed by atoms with Gasteiger partial charge in [-0.25, -0.2) is 4.98 Å². The lowest BCUT2D eigenvalue weighted by Gasteiger charge is -2.27. The predicted octanol–water partition coefficient (Wildman–Crippen LogP) is 2.13. The number of terminal acetylenes is 1. The molecule has 0 radical (unpaired) electrons. The van der Waals surface area contributed by atoms with E-state index in [0.717, 1.165) is 6.42 Å². The fourth-order valence-corrected chi connectivity index (χ4v) is 3.49. The number of carbonyl (C=O) groups excluding carboxylic acids is 3. The van der Waals surface area contributed by atoms with Crippen LogP contribution in [0.1, 0.15) is 48.6 Å². The van der Waals surface area contributed by atoms with Gasteiger partial charge in [-0.2, -0.15) is 0 Å². The predicted molar refractivity (Wildman–Crippen MR) is 126 cm³/mol. The minimum absolute atomic E-state index is 0. The summed E-state index contributed by atoms with van der Waals surface area (Å²) < 4.78 is 5.56. The molecule has 3 atom stereocenters. The van der Waals surface area contributed by atoms with Gasteiger partial charge in [0.1, 0.15) is 18.3 Å². The molecule has 0 saturated carbocycles. The van der Waals surface area contributed by atoms with Gasteiger partial charge in [0.25, 0.3) is 5.91 Å². The highest BCUT2D eigenvalue weighted by atomic mass is 35.5. The van der Waals surface area contributed by atoms with Crippen molar-refractivity contribution >= 4 is 35.8 Å². The van der Waals surface area contributed by atoms with Crippen LogP contribution in [-0.4, -0.2) is 53.3 Å². The fraction of sp³-hybridized carbons (Fsp3) is 0.391. The molecular formula is C23H28ClN5O4. The smallest absolute Gasteiger partial charge is 0.277 e. The molecular weight excluding hydrogens is 446 g/mol. The van der Waals surface area contributed by atoms with E-state index in [9.17, 15) is 14.4 Å². The Morgan fingerprint density at radius 3 is 2.70 bits per heavy atom. The highest BCUT2D eigenvalue weighted by Gasteiger charge is 2.37. The van der Waals surface area contributed by atoms with Crippen molar-refractivity contribution in [3.8, 4) is 12.3 Å². The quantitative estimate of drug-likeness (QED) is 0.506. The Morgan fingerprint density at radius 2 is 2.03 bits per heavy atom. The molecule has 2 heterocycles. The minimum atomic E-state index is -0.847. The monoisotopic (exact) mass is 473 g/mol. The molecule has 0 aliphatic carbocycles. The first-order valence-electron chi connectivity index (χ1n) is 10.5. The maximum absolute atomic E-state index is 13.2. The number of carbonyl (C=O) groups is 3. The van der Waals surface area contributed by atoms with E-state index in [1.807, 2.05) is 18.2 Å². The van der Waals surface area contributed by atoms with Gasteiger partial charge in [0.2, 0.25) is 17.7 Å². The van der Waals surface area contributed by atoms with Gasteiger partial charge in [-0.15, -0.1) is 24.8 Å². The summed E-state index contributed by atoms with van der Waals surface area (Å²) in [6.07, 6.45) is 8.16. The second-order valence-corrected chi connectivity index (χ2v) is 7.56. The lowest BCUT2D eigenvalue weighted by atomic mass is 10.1. The van der Waals surface area contributed by atoms with Crippen molar-refractivity contribution in [2.75, 3.05) is 18.9 Å². The number of hydrogen-bond donors (Lipinski definition) is 3. The molecule has 3 N–H and O–H groups in total. The van der Waals surface area contributed by atoms with Crippen LogP contribution in [0.5, 0.6) is 0 Å². The summed E-state index contributed by atoms with van der Waals surface area (Å²) in [7, 11) is 1.66. The molecule has 1 fully saturated rings. The highest BCUT2D eigenvalue weighted by Crippen LogP contribution is 2.32. The van der Waals surface area contributed by atoms with Crippen LogP contribution < -0.4 is 16.0 Å². The summed E-state index contributed by atoms with van der Waals surface area (Å²) in [6.45, 7) is 2.18. The molecule has 3 amide bonds. The molecule has 3 rings (SSSR count). The van der Waals surface area contributed by atoms with E-state index in [1.54, 1.807) is 31.0 Å². The first-order valence-corrected chi connectivity index (χ1v) is 10.5. The summed E-state index contributed by atoms with van der Waals surface area (Å²) in [6, 6.07) is 7.28. The molecule has 9 nitrogen and oxygen atoms in total. The Hall–Kier alpha value is -3.35. The summed E-state index contributed by atoms with van der Waals surface area (Å²) in [4.78, 5) is 43.9. The minimum Gasteiger partial charge on any atom is -0.446 e. The van der Waals surface area contributed by atoms with Gasteiger partial charge >= 0.3 is 0 Å². The lowest BCUT2D eigenvalue weighted by Crippen LogP contribution is -2.52. The molecule has 1 aromatic heterocycles. The van der Waals surface area contributed by atoms with E-state index in [0.29, 0.717) is 18.7 Å². The van der Waals surface area contributed by atoms with Crippen LogP contribution in [0.2, 0.25) is 0 Å². The van der Waals surface area contributed by atoms with Crippen LogP contribution in [-0.2, 0) is 9.59 Å². The third-order valence-corrected chi connectivity index (χ3v) is 5.37. The number of benzene rings is 1. The molecule has 0 unspecified atom stereocenters. The third kappa shape index (κ3) is 6.34. The number of hydrogen-bond acceptors (Lipinski definition) is 6. The van der Waals surface area contributed by atoms with Crippen molar-refractivity contribution < 1.29 is 18.8 Å². The zero-order valence-corrected chi connectivity index (χ0v) is 19.4. The van der Waals surface area contributed by atoms with E-state index in [1.165, 1.54) is 6.26 Å². The molecule has 10 heteroatoms. The van der Waals surface area contributed by atoms with Crippen molar-refractivity contribution in [3.63, 3.8) is 0 Å². The van der Waals surface area contributed by atoms with Gasteiger partial charge in [0, 0.05) is 18.7 Å². The highest BCUT2D eigenvalue weighted by molar-refractivity contribution is 6.02. The van der Waals surface area contributed by atoms with E-state index in [-0.39, 0.29) is 42.2 Å². The van der Waals surface area contributed by atoms with Crippen LogP contribution in [0.3, 0.4) is 0 Å². The van der Waals surface area contributed by atoms with Crippen LogP contribution in [0.15, 0.2) is 41.0 Å². The van der Waals surface area contributed by atoms with Crippen molar-refractivity contribution in [2.24, 2.45) is 0 Å². The maximum atomic E-state index is 13.2. The molecule has 176 valence electrons. The standard InChI is InChI=1S/C23H27N5O4.ClH/c1-4-9-17(26-20(29)15(2)24-3)23(31)28-13-8-12-19(28)22-27-18(14-32-22)21(30)25-16-10-6-5-7-11-16;/h1,5-7,10-11,14-15,17,19,24H,8-9,12-13H2,2-3H3,(H,25,30)(H,26,29);1H/t15-,17-,19-;/m0./s1. The number of oxazole rings is 1. The van der Waals surface area contributed by atoms with E-state index in [2.05, 4.69) is 26.9 Å². The van der Waals surface area contributed by atoms with Crippen LogP contribution in [0, 0.1) is 12.3 Å². The number of likely N-dealkylation sites (N-methyl/N-ethyl adjacent to an activating group) is 1. The summed E-state index contributed by atoms with van der Waals surface area (Å²) >= 11 is 0. The van der Waals surface area contributed by atoms with Crippen LogP contribution in [0.25, 0.3) is 0 Å². The second kappa shape index (κ2) is 12.0. The number of amides is 3. The summed E-state index contributed by atoms with van der Waals surface area (Å²) in [5, 5.41) is 8.30. The molecule has 1 aliphatic rings. The number of anilines is 1. The maximum Gasteiger partial charge on any atom is 0.277 e. The fourth-order valence-electron chi connectivity index (χ4n) is 3.49. The average Bonchev–Trinajstić information content (AvgIpc) is 3.48. The SMILES string of the molecule is C#CC[C@H](NC(=O)[C@H](C)NC)C(=O)N1CCC[C@H]1c1nc(C(=O)Nc2ccccc2)co1.Cl.